The zero-order valence-corrected chi connectivity index (χ0v) is 26.0. The maximum atomic E-state index is 14.1. The van der Waals surface area contributed by atoms with Gasteiger partial charge in [-0.3, -0.25) is 13.9 Å². The van der Waals surface area contributed by atoms with Crippen molar-refractivity contribution in [3.63, 3.8) is 0 Å². The smallest absolute Gasteiger partial charge is 0.264 e. The molecule has 3 aromatic carbocycles. The number of nitrogens with zero attached hydrogens (tertiary/aromatic N) is 2. The lowest BCUT2D eigenvalue weighted by atomic mass is 10.1. The monoisotopic (exact) mass is 639 g/mol. The third kappa shape index (κ3) is 8.07. The van der Waals surface area contributed by atoms with Gasteiger partial charge in [-0.25, -0.2) is 8.42 Å². The lowest BCUT2D eigenvalue weighted by Gasteiger charge is -2.33. The van der Waals surface area contributed by atoms with Crippen molar-refractivity contribution < 1.29 is 22.7 Å². The standard InChI is InChI=1S/C29H32Cl3N3O5S/c1-4-15-33-29(37)26(5-2)34(18-20-11-13-23(30)24(31)16-20)28(36)19-35(21-12-14-27(40-3)25(32)17-21)41(38,39)22-9-7-6-8-10-22/h6-14,16-17,26H,4-5,15,18-19H2,1-3H3,(H,33,37)/t26-/m0/s1. The zero-order valence-electron chi connectivity index (χ0n) is 22.9. The molecule has 0 spiro atoms. The average Bonchev–Trinajstić information content (AvgIpc) is 2.96. The molecule has 3 aromatic rings. The van der Waals surface area contributed by atoms with Crippen molar-refractivity contribution in [2.45, 2.75) is 44.2 Å². The molecule has 0 aliphatic heterocycles. The molecule has 0 aromatic heterocycles. The molecule has 0 saturated heterocycles. The Morgan fingerprint density at radius 3 is 2.22 bits per heavy atom. The first-order valence-electron chi connectivity index (χ1n) is 13.0. The summed E-state index contributed by atoms with van der Waals surface area (Å²) in [7, 11) is -2.78. The van der Waals surface area contributed by atoms with Gasteiger partial charge in [-0.2, -0.15) is 0 Å². The number of amides is 2. The maximum absolute atomic E-state index is 14.1. The van der Waals surface area contributed by atoms with Crippen molar-refractivity contribution in [3.8, 4) is 5.75 Å². The van der Waals surface area contributed by atoms with E-state index in [0.29, 0.717) is 40.7 Å². The number of methoxy groups -OCH3 is 1. The van der Waals surface area contributed by atoms with Gasteiger partial charge in [0.2, 0.25) is 11.8 Å². The van der Waals surface area contributed by atoms with Crippen LogP contribution in [0.25, 0.3) is 0 Å². The summed E-state index contributed by atoms with van der Waals surface area (Å²) >= 11 is 18.7. The Balaban J connectivity index is 2.09. The molecule has 0 aliphatic rings. The first-order valence-corrected chi connectivity index (χ1v) is 15.5. The molecule has 1 N–H and O–H groups in total. The third-order valence-electron chi connectivity index (χ3n) is 6.31. The molecule has 8 nitrogen and oxygen atoms in total. The summed E-state index contributed by atoms with van der Waals surface area (Å²) in [6.07, 6.45) is 1.01. The number of carbonyl (C=O) groups excluding carboxylic acids is 2. The average molecular weight is 641 g/mol. The Bertz CT molecular complexity index is 1470. The van der Waals surface area contributed by atoms with E-state index < -0.39 is 28.5 Å². The van der Waals surface area contributed by atoms with Crippen LogP contribution in [0.15, 0.2) is 71.6 Å². The molecule has 0 fully saturated rings. The highest BCUT2D eigenvalue weighted by Crippen LogP contribution is 2.32. The van der Waals surface area contributed by atoms with E-state index in [4.69, 9.17) is 39.5 Å². The SMILES string of the molecule is CCCNC(=O)[C@H](CC)N(Cc1ccc(Cl)c(Cl)c1)C(=O)CN(c1ccc(OC)c(Cl)c1)S(=O)(=O)c1ccccc1. The molecule has 2 amide bonds. The second-order valence-electron chi connectivity index (χ2n) is 9.13. The molecular weight excluding hydrogens is 609 g/mol. The van der Waals surface area contributed by atoms with Crippen LogP contribution in [0, 0.1) is 0 Å². The number of carbonyl (C=O) groups is 2. The molecular formula is C29H32Cl3N3O5S. The third-order valence-corrected chi connectivity index (χ3v) is 9.13. The minimum Gasteiger partial charge on any atom is -0.495 e. The topological polar surface area (TPSA) is 96.0 Å². The predicted molar refractivity (Wildman–Crippen MR) is 163 cm³/mol. The summed E-state index contributed by atoms with van der Waals surface area (Å²) in [5, 5.41) is 3.65. The molecule has 0 heterocycles. The van der Waals surface area contributed by atoms with Crippen LogP contribution in [-0.2, 0) is 26.2 Å². The highest BCUT2D eigenvalue weighted by molar-refractivity contribution is 7.92. The number of hydrogen-bond donors (Lipinski definition) is 1. The molecule has 41 heavy (non-hydrogen) atoms. The highest BCUT2D eigenvalue weighted by Gasteiger charge is 2.34. The maximum Gasteiger partial charge on any atom is 0.264 e. The van der Waals surface area contributed by atoms with E-state index in [0.717, 1.165) is 4.31 Å². The number of ether oxygens (including phenoxy) is 1. The van der Waals surface area contributed by atoms with Gasteiger partial charge in [-0.1, -0.05) is 72.9 Å². The van der Waals surface area contributed by atoms with Gasteiger partial charge in [0.05, 0.1) is 32.8 Å². The van der Waals surface area contributed by atoms with Crippen LogP contribution in [0.5, 0.6) is 5.75 Å². The Kier molecular flexibility index (Phi) is 11.7. The van der Waals surface area contributed by atoms with Crippen molar-refractivity contribution in [1.29, 1.82) is 0 Å². The van der Waals surface area contributed by atoms with Gasteiger partial charge in [0.15, 0.2) is 0 Å². The molecule has 0 unspecified atom stereocenters. The van der Waals surface area contributed by atoms with Crippen LogP contribution < -0.4 is 14.4 Å². The second-order valence-corrected chi connectivity index (χ2v) is 12.2. The van der Waals surface area contributed by atoms with Crippen LogP contribution in [0.2, 0.25) is 15.1 Å². The normalized spacial score (nSPS) is 12.0. The van der Waals surface area contributed by atoms with Crippen LogP contribution in [0.3, 0.4) is 0 Å². The van der Waals surface area contributed by atoms with Gasteiger partial charge >= 0.3 is 0 Å². The predicted octanol–water partition coefficient (Wildman–Crippen LogP) is 6.18. The summed E-state index contributed by atoms with van der Waals surface area (Å²) in [6, 6.07) is 16.3. The number of anilines is 1. The summed E-state index contributed by atoms with van der Waals surface area (Å²) in [5.41, 5.74) is 0.783. The fraction of sp³-hybridized carbons (Fsp3) is 0.310. The van der Waals surface area contributed by atoms with E-state index in [1.54, 1.807) is 43.3 Å². The fourth-order valence-electron chi connectivity index (χ4n) is 4.18. The quantitative estimate of drug-likeness (QED) is 0.241. The molecule has 3 rings (SSSR count). The van der Waals surface area contributed by atoms with Crippen molar-refractivity contribution >= 4 is 62.3 Å². The van der Waals surface area contributed by atoms with Crippen LogP contribution in [-0.4, -0.2) is 51.4 Å². The Morgan fingerprint density at radius 2 is 1.63 bits per heavy atom. The van der Waals surface area contributed by atoms with Gasteiger partial charge < -0.3 is 15.0 Å². The van der Waals surface area contributed by atoms with Gasteiger partial charge in [0.1, 0.15) is 18.3 Å². The van der Waals surface area contributed by atoms with Gasteiger partial charge in [0.25, 0.3) is 10.0 Å². The van der Waals surface area contributed by atoms with Crippen molar-refractivity contribution in [2.24, 2.45) is 0 Å². The van der Waals surface area contributed by atoms with Crippen molar-refractivity contribution in [2.75, 3.05) is 24.5 Å². The summed E-state index contributed by atoms with van der Waals surface area (Å²) < 4.78 is 34.0. The van der Waals surface area contributed by atoms with Crippen LogP contribution >= 0.6 is 34.8 Å². The number of rotatable bonds is 13. The van der Waals surface area contributed by atoms with E-state index in [1.807, 2.05) is 6.92 Å². The number of nitrogens with one attached hydrogen (secondary N) is 1. The molecule has 220 valence electrons. The zero-order chi connectivity index (χ0) is 30.2. The number of hydrogen-bond acceptors (Lipinski definition) is 5. The number of benzene rings is 3. The van der Waals surface area contributed by atoms with E-state index >= 15 is 0 Å². The van der Waals surface area contributed by atoms with E-state index in [2.05, 4.69) is 5.32 Å². The summed E-state index contributed by atoms with van der Waals surface area (Å²) in [6.45, 7) is 3.54. The highest BCUT2D eigenvalue weighted by atomic mass is 35.5. The Hall–Kier alpha value is -2.98. The second kappa shape index (κ2) is 14.8. The summed E-state index contributed by atoms with van der Waals surface area (Å²) in [4.78, 5) is 28.6. The van der Waals surface area contributed by atoms with E-state index in [9.17, 15) is 18.0 Å². The minimum atomic E-state index is -4.22. The van der Waals surface area contributed by atoms with Gasteiger partial charge in [-0.05, 0) is 60.9 Å². The van der Waals surface area contributed by atoms with Crippen LogP contribution in [0.4, 0.5) is 5.69 Å². The lowest BCUT2D eigenvalue weighted by Crippen LogP contribution is -2.52. The van der Waals surface area contributed by atoms with E-state index in [1.165, 1.54) is 42.3 Å². The van der Waals surface area contributed by atoms with Crippen molar-refractivity contribution in [3.05, 3.63) is 87.4 Å². The molecule has 0 saturated carbocycles. The lowest BCUT2D eigenvalue weighted by molar-refractivity contribution is -0.140. The molecule has 0 bridgehead atoms. The molecule has 0 radical (unpaired) electrons. The first kappa shape index (κ1) is 32.5. The number of halogens is 3. The molecule has 0 aliphatic carbocycles. The van der Waals surface area contributed by atoms with Gasteiger partial charge in [-0.15, -0.1) is 0 Å². The van der Waals surface area contributed by atoms with E-state index in [-0.39, 0.29) is 28.1 Å². The summed E-state index contributed by atoms with van der Waals surface area (Å²) in [5.74, 6) is -0.590. The largest absolute Gasteiger partial charge is 0.495 e. The molecule has 1 atom stereocenters. The number of sulfonamides is 1. The fourth-order valence-corrected chi connectivity index (χ4v) is 6.18. The molecule has 12 heteroatoms. The Labute approximate surface area is 256 Å². The Morgan fingerprint density at radius 1 is 0.927 bits per heavy atom. The van der Waals surface area contributed by atoms with Crippen molar-refractivity contribution in [1.82, 2.24) is 10.2 Å². The van der Waals surface area contributed by atoms with Crippen LogP contribution in [0.1, 0.15) is 32.3 Å². The minimum absolute atomic E-state index is 0.00360. The first-order chi connectivity index (χ1) is 19.5. The van der Waals surface area contributed by atoms with Gasteiger partial charge in [0, 0.05) is 13.1 Å².